The number of hydrogen-bond acceptors (Lipinski definition) is 4. The van der Waals surface area contributed by atoms with Crippen molar-refractivity contribution >= 4 is 0 Å². The molecular formula is C24H47NO3. The minimum absolute atomic E-state index is 0.139. The summed E-state index contributed by atoms with van der Waals surface area (Å²) >= 11 is 0. The topological polar surface area (TPSA) is 41.9 Å². The van der Waals surface area contributed by atoms with Crippen LogP contribution in [0, 0.1) is 0 Å². The summed E-state index contributed by atoms with van der Waals surface area (Å²) in [6, 6.07) is 0. The normalized spacial score (nSPS) is 27.5. The van der Waals surface area contributed by atoms with E-state index < -0.39 is 0 Å². The second-order valence-electron chi connectivity index (χ2n) is 9.14. The van der Waals surface area contributed by atoms with E-state index in [4.69, 9.17) is 9.47 Å². The van der Waals surface area contributed by atoms with Crippen molar-refractivity contribution in [1.29, 1.82) is 0 Å². The Labute approximate surface area is 174 Å². The number of nitrogens with zero attached hydrogens (tertiary/aromatic N) is 1. The molecule has 0 radical (unpaired) electrons. The van der Waals surface area contributed by atoms with Gasteiger partial charge in [0.2, 0.25) is 0 Å². The summed E-state index contributed by atoms with van der Waals surface area (Å²) in [5, 5.41) is 10.0. The maximum Gasteiger partial charge on any atom is 0.113 e. The van der Waals surface area contributed by atoms with Gasteiger partial charge in [-0.2, -0.15) is 0 Å². The fourth-order valence-electron chi connectivity index (χ4n) is 4.82. The molecule has 2 heterocycles. The Hall–Kier alpha value is -0.160. The summed E-state index contributed by atoms with van der Waals surface area (Å²) in [4.78, 5) is 2.40. The molecule has 2 aliphatic rings. The average molecular weight is 398 g/mol. The molecule has 4 nitrogen and oxygen atoms in total. The third-order valence-corrected chi connectivity index (χ3v) is 6.66. The van der Waals surface area contributed by atoms with Gasteiger partial charge >= 0.3 is 0 Å². The van der Waals surface area contributed by atoms with Gasteiger partial charge in [-0.15, -0.1) is 0 Å². The summed E-state index contributed by atoms with van der Waals surface area (Å²) in [6.45, 7) is 5.93. The lowest BCUT2D eigenvalue weighted by Gasteiger charge is -2.32. The van der Waals surface area contributed by atoms with Crippen molar-refractivity contribution in [1.82, 2.24) is 4.90 Å². The lowest BCUT2D eigenvalue weighted by Crippen LogP contribution is -2.51. The van der Waals surface area contributed by atoms with Crippen molar-refractivity contribution in [2.45, 2.75) is 135 Å². The first-order valence-electron chi connectivity index (χ1n) is 12.4. The van der Waals surface area contributed by atoms with E-state index in [0.717, 1.165) is 12.8 Å². The molecule has 0 saturated carbocycles. The monoisotopic (exact) mass is 397 g/mol. The molecule has 4 heteroatoms. The van der Waals surface area contributed by atoms with Crippen LogP contribution in [-0.2, 0) is 9.47 Å². The number of rotatable bonds is 17. The van der Waals surface area contributed by atoms with Gasteiger partial charge in [0.25, 0.3) is 0 Å². The molecule has 2 atom stereocenters. The highest BCUT2D eigenvalue weighted by atomic mass is 16.6. The van der Waals surface area contributed by atoms with Gasteiger partial charge in [0.15, 0.2) is 0 Å². The minimum Gasteiger partial charge on any atom is -0.394 e. The van der Waals surface area contributed by atoms with E-state index in [1.54, 1.807) is 0 Å². The maximum absolute atomic E-state index is 10.0. The summed E-state index contributed by atoms with van der Waals surface area (Å²) in [7, 11) is 0. The van der Waals surface area contributed by atoms with E-state index in [-0.39, 0.29) is 24.6 Å². The molecular weight excluding hydrogens is 350 g/mol. The molecule has 0 spiro atoms. The first-order chi connectivity index (χ1) is 13.8. The van der Waals surface area contributed by atoms with Gasteiger partial charge in [0.1, 0.15) is 12.5 Å². The SMILES string of the molecule is CCCCCCCCCC1OCC2(CO)COC(CCCCCCCCC)N12. The molecule has 0 aromatic carbocycles. The van der Waals surface area contributed by atoms with Gasteiger partial charge in [-0.25, -0.2) is 4.90 Å². The Morgan fingerprint density at radius 3 is 1.46 bits per heavy atom. The van der Waals surface area contributed by atoms with E-state index in [0.29, 0.717) is 13.2 Å². The smallest absolute Gasteiger partial charge is 0.113 e. The summed E-state index contributed by atoms with van der Waals surface area (Å²) in [6.07, 6.45) is 21.0. The number of fused-ring (bicyclic) bond motifs is 1. The number of unbranched alkanes of at least 4 members (excludes halogenated alkanes) is 12. The van der Waals surface area contributed by atoms with E-state index in [2.05, 4.69) is 18.7 Å². The molecule has 0 aromatic rings. The van der Waals surface area contributed by atoms with Gasteiger partial charge in [-0.3, -0.25) is 0 Å². The number of ether oxygens (including phenoxy) is 2. The third-order valence-electron chi connectivity index (χ3n) is 6.66. The van der Waals surface area contributed by atoms with Crippen molar-refractivity contribution in [2.75, 3.05) is 19.8 Å². The molecule has 0 bridgehead atoms. The molecule has 2 aliphatic heterocycles. The largest absolute Gasteiger partial charge is 0.394 e. The highest BCUT2D eigenvalue weighted by Crippen LogP contribution is 2.39. The molecule has 0 aromatic heterocycles. The molecule has 166 valence electrons. The van der Waals surface area contributed by atoms with Gasteiger partial charge in [0.05, 0.1) is 25.4 Å². The molecule has 2 saturated heterocycles. The van der Waals surface area contributed by atoms with Crippen LogP contribution in [0.1, 0.15) is 117 Å². The Balaban J connectivity index is 1.68. The van der Waals surface area contributed by atoms with Crippen LogP contribution in [0.25, 0.3) is 0 Å². The standard InChI is InChI=1S/C24H47NO3/c1-3-5-7-9-11-13-15-17-22-25-23(18-16-14-12-10-8-6-4-2)28-21-24(25,19-26)20-27-22/h22-23,26H,3-21H2,1-2H3. The van der Waals surface area contributed by atoms with E-state index in [1.165, 1.54) is 89.9 Å². The van der Waals surface area contributed by atoms with Crippen molar-refractivity contribution in [2.24, 2.45) is 0 Å². The predicted molar refractivity (Wildman–Crippen MR) is 116 cm³/mol. The summed E-state index contributed by atoms with van der Waals surface area (Å²) in [5.41, 5.74) is -0.280. The first-order valence-corrected chi connectivity index (χ1v) is 12.4. The number of aliphatic hydroxyl groups is 1. The van der Waals surface area contributed by atoms with Crippen LogP contribution in [0.5, 0.6) is 0 Å². The van der Waals surface area contributed by atoms with Crippen LogP contribution in [0.3, 0.4) is 0 Å². The fourth-order valence-corrected chi connectivity index (χ4v) is 4.82. The lowest BCUT2D eigenvalue weighted by atomic mass is 10.0. The molecule has 2 fully saturated rings. The molecule has 1 N–H and O–H groups in total. The number of aliphatic hydroxyl groups excluding tert-OH is 1. The highest BCUT2D eigenvalue weighted by Gasteiger charge is 2.54. The molecule has 0 aliphatic carbocycles. The molecule has 2 rings (SSSR count). The first kappa shape index (κ1) is 24.1. The zero-order chi connectivity index (χ0) is 20.1. The minimum atomic E-state index is -0.280. The zero-order valence-corrected chi connectivity index (χ0v) is 18.8. The predicted octanol–water partition coefficient (Wildman–Crippen LogP) is 6.01. The van der Waals surface area contributed by atoms with E-state index in [9.17, 15) is 5.11 Å². The lowest BCUT2D eigenvalue weighted by molar-refractivity contribution is -0.0666. The fraction of sp³-hybridized carbons (Fsp3) is 1.00. The summed E-state index contributed by atoms with van der Waals surface area (Å²) in [5.74, 6) is 0. The Morgan fingerprint density at radius 2 is 1.07 bits per heavy atom. The van der Waals surface area contributed by atoms with Crippen LogP contribution >= 0.6 is 0 Å². The number of hydrogen-bond donors (Lipinski definition) is 1. The molecule has 28 heavy (non-hydrogen) atoms. The Kier molecular flexibility index (Phi) is 12.0. The second-order valence-corrected chi connectivity index (χ2v) is 9.14. The Morgan fingerprint density at radius 1 is 0.679 bits per heavy atom. The van der Waals surface area contributed by atoms with Gasteiger partial charge in [-0.05, 0) is 25.7 Å². The molecule has 0 amide bonds. The molecule has 2 unspecified atom stereocenters. The van der Waals surface area contributed by atoms with Crippen LogP contribution < -0.4 is 0 Å². The van der Waals surface area contributed by atoms with Gasteiger partial charge in [-0.1, -0.05) is 90.9 Å². The van der Waals surface area contributed by atoms with Crippen molar-refractivity contribution < 1.29 is 14.6 Å². The van der Waals surface area contributed by atoms with Gasteiger partial charge in [0, 0.05) is 0 Å². The van der Waals surface area contributed by atoms with E-state index in [1.807, 2.05) is 0 Å². The van der Waals surface area contributed by atoms with Crippen molar-refractivity contribution in [3.05, 3.63) is 0 Å². The van der Waals surface area contributed by atoms with Crippen LogP contribution in [0.15, 0.2) is 0 Å². The van der Waals surface area contributed by atoms with Gasteiger partial charge < -0.3 is 14.6 Å². The average Bonchev–Trinajstić information content (AvgIpc) is 3.25. The third kappa shape index (κ3) is 7.27. The Bertz CT molecular complexity index is 360. The van der Waals surface area contributed by atoms with Crippen molar-refractivity contribution in [3.8, 4) is 0 Å². The van der Waals surface area contributed by atoms with Crippen molar-refractivity contribution in [3.63, 3.8) is 0 Å². The van der Waals surface area contributed by atoms with E-state index >= 15 is 0 Å². The zero-order valence-electron chi connectivity index (χ0n) is 18.8. The summed E-state index contributed by atoms with van der Waals surface area (Å²) < 4.78 is 12.3. The van der Waals surface area contributed by atoms with Crippen LogP contribution in [0.4, 0.5) is 0 Å². The van der Waals surface area contributed by atoms with Crippen LogP contribution in [0.2, 0.25) is 0 Å². The quantitative estimate of drug-likeness (QED) is 0.305. The second kappa shape index (κ2) is 14.0. The highest BCUT2D eigenvalue weighted by molar-refractivity contribution is 5.01. The van der Waals surface area contributed by atoms with Crippen LogP contribution in [-0.4, -0.2) is 47.8 Å². The maximum atomic E-state index is 10.0.